The molecule has 3 aliphatic heterocycles. The Kier molecular flexibility index (Phi) is 41.7. The number of carboxylic acid groups (broad SMARTS) is 2. The molecule has 0 aliphatic carbocycles. The fraction of sp³-hybridized carbons (Fsp3) is 0.680. The van der Waals surface area contributed by atoms with Crippen LogP contribution in [0.2, 0.25) is 0 Å². The first-order valence-corrected chi connectivity index (χ1v) is 39.8. The maximum atomic E-state index is 15.0. The Balaban J connectivity index is 1.64. The van der Waals surface area contributed by atoms with E-state index >= 15 is 9.59 Å². The van der Waals surface area contributed by atoms with E-state index in [9.17, 15) is 82.4 Å². The number of aliphatic carboxylic acids is 2. The second-order valence-electron chi connectivity index (χ2n) is 30.5. The molecule has 1 aromatic rings. The first-order valence-electron chi connectivity index (χ1n) is 39.8. The number of phenolic OH excluding ortho intramolecular Hbond substituents is 1. The number of likely N-dealkylation sites (tertiary alicyclic amines) is 2. The summed E-state index contributed by atoms with van der Waals surface area (Å²) in [6.45, 7) is 10.9. The van der Waals surface area contributed by atoms with Crippen molar-refractivity contribution in [3.8, 4) is 5.75 Å². The molecule has 0 bridgehead atoms. The zero-order chi connectivity index (χ0) is 86.5. The van der Waals surface area contributed by atoms with Crippen LogP contribution in [0.25, 0.3) is 0 Å². The number of nitrogens with one attached hydrogen (secondary N) is 11. The number of hydrogen-bond acceptors (Lipinski definition) is 21. The van der Waals surface area contributed by atoms with Crippen molar-refractivity contribution in [2.75, 3.05) is 39.3 Å². The highest BCUT2D eigenvalue weighted by molar-refractivity contribution is 6.01. The van der Waals surface area contributed by atoms with Crippen LogP contribution in [0.5, 0.6) is 5.75 Å². The van der Waals surface area contributed by atoms with Crippen LogP contribution in [0.4, 0.5) is 0 Å². The van der Waals surface area contributed by atoms with Gasteiger partial charge in [-0.25, -0.2) is 4.79 Å². The Labute approximate surface area is 674 Å². The topological polar surface area (TPSA) is 679 Å². The van der Waals surface area contributed by atoms with Gasteiger partial charge in [-0.05, 0) is 164 Å². The Hall–Kier alpha value is -11.0. The Bertz CT molecular complexity index is 3600. The second-order valence-corrected chi connectivity index (χ2v) is 30.5. The van der Waals surface area contributed by atoms with Gasteiger partial charge in [0.1, 0.15) is 84.3 Å². The number of phenols is 1. The van der Waals surface area contributed by atoms with Crippen molar-refractivity contribution in [3.63, 3.8) is 0 Å². The quantitative estimate of drug-likeness (QED) is 0.0166. The minimum absolute atomic E-state index is 0.0109. The third-order valence-corrected chi connectivity index (χ3v) is 20.1. The number of unbranched alkanes of at least 4 members (excludes halogenated alkanes) is 2. The maximum absolute atomic E-state index is 15.0. The fourth-order valence-corrected chi connectivity index (χ4v) is 13.7. The molecule has 14 atom stereocenters. The van der Waals surface area contributed by atoms with Crippen LogP contribution in [0.3, 0.4) is 0 Å². The van der Waals surface area contributed by atoms with Crippen molar-refractivity contribution in [2.45, 2.75) is 268 Å². The first-order chi connectivity index (χ1) is 54.9. The average Bonchev–Trinajstić information content (AvgIpc) is 1.62. The van der Waals surface area contributed by atoms with Gasteiger partial charge in [-0.1, -0.05) is 60.1 Å². The van der Waals surface area contributed by atoms with Crippen LogP contribution in [0.15, 0.2) is 34.3 Å². The van der Waals surface area contributed by atoms with Crippen LogP contribution >= 0.6 is 0 Å². The predicted octanol–water partition coefficient (Wildman–Crippen LogP) is -4.63. The van der Waals surface area contributed by atoms with Crippen LogP contribution in [-0.2, 0) is 83.1 Å². The molecular formula is C75H124N22O19. The number of aliphatic imine (C=N–C) groups is 2. The summed E-state index contributed by atoms with van der Waals surface area (Å²) in [5.41, 5.74) is 40.2. The van der Waals surface area contributed by atoms with Crippen molar-refractivity contribution in [1.29, 1.82) is 0 Å². The first kappa shape index (κ1) is 97.4. The van der Waals surface area contributed by atoms with Crippen molar-refractivity contribution in [3.05, 3.63) is 29.8 Å². The smallest absolute Gasteiger partial charge is 0.326 e. The maximum Gasteiger partial charge on any atom is 0.326 e. The van der Waals surface area contributed by atoms with E-state index < -0.39 is 192 Å². The van der Waals surface area contributed by atoms with Gasteiger partial charge in [0.15, 0.2) is 11.9 Å². The molecule has 3 saturated heterocycles. The Morgan fingerprint density at radius 1 is 0.491 bits per heavy atom. The predicted molar refractivity (Wildman–Crippen MR) is 424 cm³/mol. The molecule has 0 aromatic heterocycles. The van der Waals surface area contributed by atoms with Crippen LogP contribution in [-0.4, -0.2) is 249 Å². The van der Waals surface area contributed by atoms with Gasteiger partial charge in [-0.3, -0.25) is 81.9 Å². The van der Waals surface area contributed by atoms with Crippen LogP contribution in [0, 0.1) is 17.8 Å². The number of carbonyl (C=O) groups is 16. The van der Waals surface area contributed by atoms with Crippen LogP contribution < -0.4 is 98.6 Å². The molecule has 648 valence electrons. The monoisotopic (exact) mass is 1640 g/mol. The highest BCUT2D eigenvalue weighted by Crippen LogP contribution is 2.25. The van der Waals surface area contributed by atoms with Gasteiger partial charge in [-0.2, -0.15) is 0 Å². The number of rotatable bonds is 52. The molecule has 3 aliphatic rings. The Morgan fingerprint density at radius 3 is 1.36 bits per heavy atom. The van der Waals surface area contributed by atoms with Crippen LogP contribution in [0.1, 0.15) is 188 Å². The highest BCUT2D eigenvalue weighted by Gasteiger charge is 2.44. The second kappa shape index (κ2) is 49.7. The molecule has 0 saturated carbocycles. The average molecular weight is 1640 g/mol. The lowest BCUT2D eigenvalue weighted by atomic mass is 9.96. The number of aromatic hydroxyl groups is 1. The molecule has 3 heterocycles. The summed E-state index contributed by atoms with van der Waals surface area (Å²) in [4.78, 5) is 233. The number of amides is 14. The van der Waals surface area contributed by atoms with Crippen molar-refractivity contribution in [1.82, 2.24) is 68.3 Å². The third kappa shape index (κ3) is 33.4. The zero-order valence-corrected chi connectivity index (χ0v) is 67.3. The number of primary amides is 1. The van der Waals surface area contributed by atoms with Gasteiger partial charge in [0.2, 0.25) is 82.7 Å². The molecule has 1 aromatic carbocycles. The number of nitrogens with two attached hydrogens (primary N) is 7. The molecule has 41 nitrogen and oxygen atoms in total. The van der Waals surface area contributed by atoms with Gasteiger partial charge >= 0.3 is 11.9 Å². The summed E-state index contributed by atoms with van der Waals surface area (Å²) in [6, 6.07) is -12.7. The number of nitrogens with zero attached hydrogens (tertiary/aromatic N) is 4. The van der Waals surface area contributed by atoms with E-state index in [1.165, 1.54) is 34.1 Å². The molecule has 0 spiro atoms. The van der Waals surface area contributed by atoms with E-state index in [0.717, 1.165) is 0 Å². The summed E-state index contributed by atoms with van der Waals surface area (Å²) in [7, 11) is 0. The summed E-state index contributed by atoms with van der Waals surface area (Å²) < 4.78 is 0. The number of benzene rings is 1. The van der Waals surface area contributed by atoms with E-state index in [1.54, 1.807) is 41.5 Å². The summed E-state index contributed by atoms with van der Waals surface area (Å²) in [6.07, 6.45) is -0.108. The zero-order valence-electron chi connectivity index (χ0n) is 67.3. The molecule has 4 rings (SSSR count). The molecule has 28 N–H and O–H groups in total. The molecule has 41 heteroatoms. The van der Waals surface area contributed by atoms with Gasteiger partial charge < -0.3 is 124 Å². The van der Waals surface area contributed by atoms with E-state index in [2.05, 4.69) is 68.5 Å². The summed E-state index contributed by atoms with van der Waals surface area (Å²) in [5.74, 6) is -16.2. The Morgan fingerprint density at radius 2 is 0.905 bits per heavy atom. The van der Waals surface area contributed by atoms with E-state index in [4.69, 9.17) is 40.1 Å². The minimum Gasteiger partial charge on any atom is -0.508 e. The SMILES string of the molecule is CC[C@H](C)[C@H](NC(=O)[C@@H](CCCCN)NC(=O)[C@@H]1CCCN1C(=O)[C@H](CCCN=C(N)N)NC(=O)[C@H](CCCN=C(N)N)NC(=O)[C@@H]1CCCN1C(=O)[C@H](CCCCN)NC(=O)[C@H](CC(N)=O)NC(=O)[C@H](CCC(=O)O)NC(=O)[C@H](Cc1ccc(O)cc1)NC(=O)[C@H](CC(C)C)NC(=O)[C@@H]1CCC(=O)N1)C(=O)N[C@@H](CC(C)C)C(=O)O. The van der Waals surface area contributed by atoms with Crippen molar-refractivity contribution >= 4 is 107 Å². The number of hydrogen-bond donors (Lipinski definition) is 21. The largest absolute Gasteiger partial charge is 0.508 e. The lowest BCUT2D eigenvalue weighted by Gasteiger charge is -2.32. The molecule has 0 unspecified atom stereocenters. The lowest BCUT2D eigenvalue weighted by molar-refractivity contribution is -0.144. The van der Waals surface area contributed by atoms with E-state index in [1.807, 2.05) is 0 Å². The van der Waals surface area contributed by atoms with Gasteiger partial charge in [0, 0.05) is 45.4 Å². The number of carboxylic acids is 2. The molecule has 14 amide bonds. The van der Waals surface area contributed by atoms with E-state index in [0.29, 0.717) is 37.7 Å². The van der Waals surface area contributed by atoms with Crippen molar-refractivity contribution < 1.29 is 92.0 Å². The molecule has 0 radical (unpaired) electrons. The molecule has 116 heavy (non-hydrogen) atoms. The molecular weight excluding hydrogens is 1510 g/mol. The fourth-order valence-electron chi connectivity index (χ4n) is 13.7. The lowest BCUT2D eigenvalue weighted by Crippen LogP contribution is -2.61. The standard InChI is InChI=1S/C75H124N22O19/c1-7-42(6)60(70(112)94-54(73(115)116)37-41(4)5)95-64(106)45(16-8-10-30-76)87-68(110)55-20-15-35-97(55)72(114)50(19-13-33-84-75(81)82)89-61(103)46(18-12-32-83-74(79)80)88-69(111)56-21-14-34-96(56)71(113)49(17-9-11-31-77)90-67(109)53(39-57(78)99)93-63(105)48(27-29-59(101)102)86-66(108)52(38-43-22-24-44(98)25-23-43)92-65(107)51(36-40(2)3)91-62(104)47-26-28-58(100)85-47/h22-25,40-42,45-56,60,98H,7-21,26-39,76-77H2,1-6H3,(H2,78,99)(H,85,100)(H,86,108)(H,87,110)(H,88,111)(H,89,103)(H,90,109)(H,91,104)(H,92,107)(H,93,105)(H,94,112)(H,95,106)(H,101,102)(H,115,116)(H4,79,80,83)(H4,81,82,84)/t42-,45+,46-,47-,48-,49-,50-,51-,52-,53-,54-,55-,56-,60-/m0/s1. The van der Waals surface area contributed by atoms with Gasteiger partial charge in [-0.15, -0.1) is 0 Å². The third-order valence-electron chi connectivity index (χ3n) is 20.1. The minimum atomic E-state index is -1.92. The normalized spacial score (nSPS) is 17.9. The molecule has 3 fully saturated rings. The highest BCUT2D eigenvalue weighted by atomic mass is 16.4. The number of carbonyl (C=O) groups excluding carboxylic acids is 14. The van der Waals surface area contributed by atoms with Crippen molar-refractivity contribution in [2.24, 2.45) is 67.9 Å². The van der Waals surface area contributed by atoms with Gasteiger partial charge in [0.25, 0.3) is 0 Å². The summed E-state index contributed by atoms with van der Waals surface area (Å²) >= 11 is 0. The van der Waals surface area contributed by atoms with Gasteiger partial charge in [0.05, 0.1) is 6.42 Å². The summed E-state index contributed by atoms with van der Waals surface area (Å²) in [5, 5.41) is 58.5. The number of guanidine groups is 2. The van der Waals surface area contributed by atoms with E-state index in [-0.39, 0.29) is 171 Å².